The Balaban J connectivity index is 4.29. The van der Waals surface area contributed by atoms with Gasteiger partial charge in [0.15, 0.2) is 5.78 Å². The fraction of sp³-hybridized carbons (Fsp3) is 0.500. The van der Waals surface area contributed by atoms with Crippen molar-refractivity contribution in [2.45, 2.75) is 20.8 Å². The number of ketones is 1. The van der Waals surface area contributed by atoms with Gasteiger partial charge >= 0.3 is 5.97 Å². The van der Waals surface area contributed by atoms with Gasteiger partial charge in [-0.15, -0.1) is 0 Å². The molecule has 0 bridgehead atoms. The van der Waals surface area contributed by atoms with Crippen molar-refractivity contribution in [2.75, 3.05) is 6.61 Å². The maximum atomic E-state index is 10.9. The average molecular weight is 156 g/mol. The molecule has 0 aromatic carbocycles. The number of carbonyl (C=O) groups is 2. The first-order valence-corrected chi connectivity index (χ1v) is 3.47. The van der Waals surface area contributed by atoms with Crippen molar-refractivity contribution in [1.29, 1.82) is 0 Å². The summed E-state index contributed by atoms with van der Waals surface area (Å²) in [5.41, 5.74) is 0.117. The van der Waals surface area contributed by atoms with Crippen LogP contribution in [-0.4, -0.2) is 18.4 Å². The third-order valence-electron chi connectivity index (χ3n) is 1.16. The standard InChI is InChI=1S/C8H12O3/c1-4-7(6(3)9)8(10)11-5-2/h4H,5H2,1-3H3/b7-4-. The Morgan fingerprint density at radius 2 is 2.00 bits per heavy atom. The van der Waals surface area contributed by atoms with E-state index in [0.717, 1.165) is 0 Å². The zero-order chi connectivity index (χ0) is 8.85. The van der Waals surface area contributed by atoms with Gasteiger partial charge in [0, 0.05) is 0 Å². The van der Waals surface area contributed by atoms with Crippen LogP contribution in [0.15, 0.2) is 11.6 Å². The number of allylic oxidation sites excluding steroid dienone is 1. The van der Waals surface area contributed by atoms with E-state index in [1.54, 1.807) is 13.8 Å². The molecule has 0 spiro atoms. The third-order valence-corrected chi connectivity index (χ3v) is 1.16. The number of carbonyl (C=O) groups excluding carboxylic acids is 2. The van der Waals surface area contributed by atoms with Gasteiger partial charge in [-0.05, 0) is 20.8 Å². The molecule has 0 saturated carbocycles. The van der Waals surface area contributed by atoms with Gasteiger partial charge < -0.3 is 4.74 Å². The van der Waals surface area contributed by atoms with Gasteiger partial charge in [0.25, 0.3) is 0 Å². The molecule has 0 heterocycles. The van der Waals surface area contributed by atoms with Crippen molar-refractivity contribution in [2.24, 2.45) is 0 Å². The van der Waals surface area contributed by atoms with Crippen LogP contribution in [0.25, 0.3) is 0 Å². The van der Waals surface area contributed by atoms with Crippen LogP contribution in [0.5, 0.6) is 0 Å². The Labute approximate surface area is 66.0 Å². The summed E-state index contributed by atoms with van der Waals surface area (Å²) >= 11 is 0. The Kier molecular flexibility index (Phi) is 4.18. The summed E-state index contributed by atoms with van der Waals surface area (Å²) < 4.78 is 4.63. The second kappa shape index (κ2) is 4.66. The van der Waals surface area contributed by atoms with Gasteiger partial charge in [0.2, 0.25) is 0 Å². The number of hydrogen-bond acceptors (Lipinski definition) is 3. The van der Waals surface area contributed by atoms with Crippen LogP contribution in [0.2, 0.25) is 0 Å². The number of ether oxygens (including phenoxy) is 1. The van der Waals surface area contributed by atoms with E-state index in [2.05, 4.69) is 4.74 Å². The fourth-order valence-corrected chi connectivity index (χ4v) is 0.674. The van der Waals surface area contributed by atoms with Crippen LogP contribution in [0.1, 0.15) is 20.8 Å². The molecule has 0 aromatic heterocycles. The van der Waals surface area contributed by atoms with Gasteiger partial charge in [0.1, 0.15) is 0 Å². The van der Waals surface area contributed by atoms with Crippen molar-refractivity contribution in [1.82, 2.24) is 0 Å². The molecule has 0 aliphatic rings. The second-order valence-electron chi connectivity index (χ2n) is 1.98. The molecule has 0 aromatic rings. The summed E-state index contributed by atoms with van der Waals surface area (Å²) in [5, 5.41) is 0. The zero-order valence-electron chi connectivity index (χ0n) is 7.01. The highest BCUT2D eigenvalue weighted by Gasteiger charge is 2.13. The lowest BCUT2D eigenvalue weighted by atomic mass is 10.2. The molecule has 0 N–H and O–H groups in total. The molecule has 0 radical (unpaired) electrons. The Bertz CT molecular complexity index is 192. The summed E-state index contributed by atoms with van der Waals surface area (Å²) in [6.45, 7) is 4.97. The fourth-order valence-electron chi connectivity index (χ4n) is 0.674. The van der Waals surface area contributed by atoms with Crippen molar-refractivity contribution in [3.63, 3.8) is 0 Å². The van der Waals surface area contributed by atoms with E-state index in [-0.39, 0.29) is 11.4 Å². The second-order valence-corrected chi connectivity index (χ2v) is 1.98. The molecule has 3 nitrogen and oxygen atoms in total. The minimum Gasteiger partial charge on any atom is -0.462 e. The average Bonchev–Trinajstić information content (AvgIpc) is 1.88. The van der Waals surface area contributed by atoms with Crippen molar-refractivity contribution < 1.29 is 14.3 Å². The lowest BCUT2D eigenvalue weighted by Gasteiger charge is -2.01. The van der Waals surface area contributed by atoms with E-state index >= 15 is 0 Å². The number of hydrogen-bond donors (Lipinski definition) is 0. The van der Waals surface area contributed by atoms with Gasteiger partial charge in [-0.3, -0.25) is 4.79 Å². The third kappa shape index (κ3) is 2.98. The molecule has 3 heteroatoms. The van der Waals surface area contributed by atoms with Crippen molar-refractivity contribution >= 4 is 11.8 Å². The molecule has 0 rings (SSSR count). The lowest BCUT2D eigenvalue weighted by molar-refractivity contribution is -0.139. The monoisotopic (exact) mass is 156 g/mol. The predicted octanol–water partition coefficient (Wildman–Crippen LogP) is 1.08. The van der Waals surface area contributed by atoms with Crippen LogP contribution < -0.4 is 0 Å². The van der Waals surface area contributed by atoms with Crippen LogP contribution in [0.4, 0.5) is 0 Å². The highest BCUT2D eigenvalue weighted by atomic mass is 16.5. The van der Waals surface area contributed by atoms with Crippen molar-refractivity contribution in [3.05, 3.63) is 11.6 Å². The van der Waals surface area contributed by atoms with E-state index < -0.39 is 5.97 Å². The van der Waals surface area contributed by atoms with Crippen LogP contribution in [0, 0.1) is 0 Å². The van der Waals surface area contributed by atoms with Crippen LogP contribution in [-0.2, 0) is 14.3 Å². The molecular weight excluding hydrogens is 144 g/mol. The van der Waals surface area contributed by atoms with Crippen LogP contribution >= 0.6 is 0 Å². The van der Waals surface area contributed by atoms with Gasteiger partial charge in [-0.1, -0.05) is 6.08 Å². The highest BCUT2D eigenvalue weighted by molar-refractivity contribution is 6.16. The molecule has 0 aliphatic carbocycles. The van der Waals surface area contributed by atoms with Gasteiger partial charge in [-0.25, -0.2) is 4.79 Å². The minimum absolute atomic E-state index is 0.117. The largest absolute Gasteiger partial charge is 0.462 e. The first kappa shape index (κ1) is 9.88. The quantitative estimate of drug-likeness (QED) is 0.266. The molecule has 0 aliphatic heterocycles. The maximum Gasteiger partial charge on any atom is 0.341 e. The summed E-state index contributed by atoms with van der Waals surface area (Å²) in [5.74, 6) is -0.798. The van der Waals surface area contributed by atoms with E-state index in [1.165, 1.54) is 13.0 Å². The SMILES string of the molecule is C/C=C(/C(C)=O)C(=O)OCC. The number of rotatable bonds is 3. The molecule has 11 heavy (non-hydrogen) atoms. The Morgan fingerprint density at radius 1 is 1.45 bits per heavy atom. The summed E-state index contributed by atoms with van der Waals surface area (Å²) in [4.78, 5) is 21.6. The molecule has 62 valence electrons. The smallest absolute Gasteiger partial charge is 0.341 e. The van der Waals surface area contributed by atoms with Gasteiger partial charge in [-0.2, -0.15) is 0 Å². The highest BCUT2D eigenvalue weighted by Crippen LogP contribution is 1.98. The van der Waals surface area contributed by atoms with Crippen LogP contribution in [0.3, 0.4) is 0 Å². The molecule has 0 unspecified atom stereocenters. The van der Waals surface area contributed by atoms with Gasteiger partial charge in [0.05, 0.1) is 12.2 Å². The molecule has 0 atom stereocenters. The normalized spacial score (nSPS) is 11.0. The van der Waals surface area contributed by atoms with E-state index in [9.17, 15) is 9.59 Å². The Hall–Kier alpha value is -1.12. The molecule has 0 amide bonds. The van der Waals surface area contributed by atoms with E-state index in [4.69, 9.17) is 0 Å². The summed E-state index contributed by atoms with van der Waals surface area (Å²) in [7, 11) is 0. The number of esters is 1. The first-order valence-electron chi connectivity index (χ1n) is 3.47. The summed E-state index contributed by atoms with van der Waals surface area (Å²) in [6, 6.07) is 0. The Morgan fingerprint density at radius 3 is 2.27 bits per heavy atom. The maximum absolute atomic E-state index is 10.9. The van der Waals surface area contributed by atoms with E-state index in [1.807, 2.05) is 0 Å². The summed E-state index contributed by atoms with van der Waals surface area (Å²) in [6.07, 6.45) is 1.46. The predicted molar refractivity (Wildman–Crippen MR) is 41.1 cm³/mol. The molecule has 0 fully saturated rings. The van der Waals surface area contributed by atoms with E-state index in [0.29, 0.717) is 6.61 Å². The van der Waals surface area contributed by atoms with Crippen molar-refractivity contribution in [3.8, 4) is 0 Å². The molecular formula is C8H12O3. The minimum atomic E-state index is -0.539. The molecule has 0 saturated heterocycles. The first-order chi connectivity index (χ1) is 5.13. The number of Topliss-reactive ketones (excluding diaryl/α,β-unsaturated/α-hetero) is 1. The topological polar surface area (TPSA) is 43.4 Å². The zero-order valence-corrected chi connectivity index (χ0v) is 7.01. The lowest BCUT2D eigenvalue weighted by Crippen LogP contribution is -2.13.